The van der Waals surface area contributed by atoms with E-state index >= 15 is 0 Å². The summed E-state index contributed by atoms with van der Waals surface area (Å²) >= 11 is 0. The molecular formula is C25H30N2O3. The third kappa shape index (κ3) is 3.93. The fourth-order valence-electron chi connectivity index (χ4n) is 4.49. The van der Waals surface area contributed by atoms with Crippen LogP contribution in [0.3, 0.4) is 0 Å². The Bertz CT molecular complexity index is 962. The molecule has 5 heteroatoms. The topological polar surface area (TPSA) is 49.9 Å². The zero-order valence-electron chi connectivity index (χ0n) is 18.3. The molecule has 5 nitrogen and oxygen atoms in total. The van der Waals surface area contributed by atoms with Gasteiger partial charge in [0.1, 0.15) is 11.6 Å². The Kier molecular flexibility index (Phi) is 5.31. The van der Waals surface area contributed by atoms with E-state index in [1.165, 1.54) is 16.7 Å². The number of carbonyl (C=O) groups is 2. The van der Waals surface area contributed by atoms with E-state index in [9.17, 15) is 9.59 Å². The molecule has 0 unspecified atom stereocenters. The molecule has 2 aromatic rings. The molecule has 30 heavy (non-hydrogen) atoms. The van der Waals surface area contributed by atoms with Crippen LogP contribution in [0.2, 0.25) is 0 Å². The fraction of sp³-hybridized carbons (Fsp3) is 0.440. The molecule has 2 heterocycles. The predicted molar refractivity (Wildman–Crippen MR) is 119 cm³/mol. The Morgan fingerprint density at radius 3 is 2.50 bits per heavy atom. The van der Waals surface area contributed by atoms with Crippen LogP contribution in [0.5, 0.6) is 0 Å². The van der Waals surface area contributed by atoms with Crippen molar-refractivity contribution in [3.63, 3.8) is 0 Å². The minimum Gasteiger partial charge on any atom is -0.444 e. The molecule has 1 fully saturated rings. The summed E-state index contributed by atoms with van der Waals surface area (Å²) in [4.78, 5) is 29.7. The highest BCUT2D eigenvalue weighted by atomic mass is 16.6. The van der Waals surface area contributed by atoms with Crippen LogP contribution in [0.4, 0.5) is 10.5 Å². The van der Waals surface area contributed by atoms with Gasteiger partial charge < -0.3 is 9.64 Å². The smallest absolute Gasteiger partial charge is 0.410 e. The molecule has 0 aliphatic carbocycles. The first-order valence-electron chi connectivity index (χ1n) is 10.7. The van der Waals surface area contributed by atoms with Crippen molar-refractivity contribution in [2.45, 2.75) is 58.6 Å². The van der Waals surface area contributed by atoms with Gasteiger partial charge in [0.05, 0.1) is 0 Å². The number of hydrogen-bond donors (Lipinski definition) is 0. The quantitative estimate of drug-likeness (QED) is 0.709. The Morgan fingerprint density at radius 1 is 1.07 bits per heavy atom. The van der Waals surface area contributed by atoms with Crippen LogP contribution in [0, 0.1) is 6.92 Å². The van der Waals surface area contributed by atoms with Gasteiger partial charge in [-0.3, -0.25) is 9.69 Å². The lowest BCUT2D eigenvalue weighted by Crippen LogP contribution is -2.48. The predicted octanol–water partition coefficient (Wildman–Crippen LogP) is 4.95. The highest BCUT2D eigenvalue weighted by molar-refractivity contribution is 6.01. The van der Waals surface area contributed by atoms with Gasteiger partial charge in [-0.05, 0) is 75.3 Å². The number of fused-ring (bicyclic) bond motifs is 1. The number of aryl methyl sites for hydroxylation is 1. The van der Waals surface area contributed by atoms with E-state index in [0.29, 0.717) is 19.5 Å². The Labute approximate surface area is 178 Å². The zero-order chi connectivity index (χ0) is 21.5. The number of likely N-dealkylation sites (tertiary alicyclic amines) is 1. The number of nitrogens with zero attached hydrogens (tertiary/aromatic N) is 2. The summed E-state index contributed by atoms with van der Waals surface area (Å²) in [5, 5.41) is 0. The van der Waals surface area contributed by atoms with Crippen LogP contribution in [0.1, 0.15) is 44.7 Å². The SMILES string of the molecule is Cc1cc(-c2ccccc2)c2c(c1)N(C(=O)[C@@H]1CCCN1C(=O)OC(C)(C)C)CC2. The Hall–Kier alpha value is -2.82. The van der Waals surface area contributed by atoms with Crippen LogP contribution in [-0.2, 0) is 16.0 Å². The highest BCUT2D eigenvalue weighted by Gasteiger charge is 2.40. The summed E-state index contributed by atoms with van der Waals surface area (Å²) in [6, 6.07) is 14.2. The molecule has 1 saturated heterocycles. The average Bonchev–Trinajstić information content (AvgIpc) is 3.33. The van der Waals surface area contributed by atoms with E-state index in [1.807, 2.05) is 43.9 Å². The fourth-order valence-corrected chi connectivity index (χ4v) is 4.49. The number of carbonyl (C=O) groups excluding carboxylic acids is 2. The summed E-state index contributed by atoms with van der Waals surface area (Å²) in [5.74, 6) is 0.00159. The third-order valence-electron chi connectivity index (χ3n) is 5.76. The van der Waals surface area contributed by atoms with Gasteiger partial charge >= 0.3 is 6.09 Å². The second-order valence-corrected chi connectivity index (χ2v) is 9.25. The maximum absolute atomic E-state index is 13.5. The first-order chi connectivity index (χ1) is 14.2. The van der Waals surface area contributed by atoms with Gasteiger partial charge in [-0.25, -0.2) is 4.79 Å². The van der Waals surface area contributed by atoms with Gasteiger partial charge in [0.15, 0.2) is 0 Å². The molecule has 2 aliphatic rings. The lowest BCUT2D eigenvalue weighted by Gasteiger charge is -2.30. The van der Waals surface area contributed by atoms with Crippen molar-refractivity contribution >= 4 is 17.7 Å². The standard InChI is InChI=1S/C25H30N2O3/c1-17-15-20(18-9-6-5-7-10-18)19-12-14-26(22(19)16-17)23(28)21-11-8-13-27(21)24(29)30-25(2,3)4/h5-7,9-10,15-16,21H,8,11-14H2,1-4H3/t21-/m0/s1. The van der Waals surface area contributed by atoms with Gasteiger partial charge in [0, 0.05) is 18.8 Å². The van der Waals surface area contributed by atoms with Gasteiger partial charge in [-0.1, -0.05) is 36.4 Å². The molecule has 0 saturated carbocycles. The number of anilines is 1. The van der Waals surface area contributed by atoms with Crippen LogP contribution in [-0.4, -0.2) is 41.6 Å². The molecule has 4 rings (SSSR count). The molecular weight excluding hydrogens is 376 g/mol. The number of rotatable bonds is 2. The van der Waals surface area contributed by atoms with Crippen molar-refractivity contribution < 1.29 is 14.3 Å². The van der Waals surface area contributed by atoms with Gasteiger partial charge in [-0.15, -0.1) is 0 Å². The number of benzene rings is 2. The molecule has 158 valence electrons. The highest BCUT2D eigenvalue weighted by Crippen LogP contribution is 2.38. The molecule has 0 bridgehead atoms. The molecule has 1 atom stereocenters. The van der Waals surface area contributed by atoms with Crippen LogP contribution >= 0.6 is 0 Å². The number of ether oxygens (including phenoxy) is 1. The maximum Gasteiger partial charge on any atom is 0.410 e. The summed E-state index contributed by atoms with van der Waals surface area (Å²) in [5.41, 5.74) is 5.11. The minimum absolute atomic E-state index is 0.00159. The molecule has 0 aromatic heterocycles. The van der Waals surface area contributed by atoms with Crippen molar-refractivity contribution in [2.24, 2.45) is 0 Å². The van der Waals surface area contributed by atoms with Crippen LogP contribution in [0.15, 0.2) is 42.5 Å². The molecule has 0 radical (unpaired) electrons. The third-order valence-corrected chi connectivity index (χ3v) is 5.76. The Balaban J connectivity index is 1.62. The maximum atomic E-state index is 13.5. The van der Waals surface area contributed by atoms with Crippen LogP contribution in [0.25, 0.3) is 11.1 Å². The lowest BCUT2D eigenvalue weighted by molar-refractivity contribution is -0.122. The van der Waals surface area contributed by atoms with Gasteiger partial charge in [-0.2, -0.15) is 0 Å². The molecule has 2 amide bonds. The van der Waals surface area contributed by atoms with E-state index in [4.69, 9.17) is 4.74 Å². The first kappa shape index (κ1) is 20.5. The largest absolute Gasteiger partial charge is 0.444 e. The van der Waals surface area contributed by atoms with E-state index in [-0.39, 0.29) is 5.91 Å². The second-order valence-electron chi connectivity index (χ2n) is 9.25. The van der Waals surface area contributed by atoms with Crippen molar-refractivity contribution in [3.8, 4) is 11.1 Å². The van der Waals surface area contributed by atoms with E-state index in [1.54, 1.807) is 4.90 Å². The summed E-state index contributed by atoms with van der Waals surface area (Å²) in [6.45, 7) is 8.83. The van der Waals surface area contributed by atoms with E-state index in [0.717, 1.165) is 24.1 Å². The van der Waals surface area contributed by atoms with Crippen molar-refractivity contribution in [3.05, 3.63) is 53.6 Å². The summed E-state index contributed by atoms with van der Waals surface area (Å²) in [7, 11) is 0. The van der Waals surface area contributed by atoms with E-state index in [2.05, 4.69) is 31.2 Å². The van der Waals surface area contributed by atoms with Crippen molar-refractivity contribution in [1.29, 1.82) is 0 Å². The zero-order valence-corrected chi connectivity index (χ0v) is 18.3. The van der Waals surface area contributed by atoms with Crippen molar-refractivity contribution in [1.82, 2.24) is 4.90 Å². The van der Waals surface area contributed by atoms with E-state index < -0.39 is 17.7 Å². The second kappa shape index (κ2) is 7.78. The monoisotopic (exact) mass is 406 g/mol. The van der Waals surface area contributed by atoms with Crippen molar-refractivity contribution in [2.75, 3.05) is 18.0 Å². The van der Waals surface area contributed by atoms with Gasteiger partial charge in [0.25, 0.3) is 0 Å². The number of hydrogen-bond acceptors (Lipinski definition) is 3. The summed E-state index contributed by atoms with van der Waals surface area (Å²) in [6.07, 6.45) is 1.93. The van der Waals surface area contributed by atoms with Crippen LogP contribution < -0.4 is 4.90 Å². The molecule has 2 aromatic carbocycles. The lowest BCUT2D eigenvalue weighted by atomic mass is 9.96. The molecule has 2 aliphatic heterocycles. The Morgan fingerprint density at radius 2 is 1.80 bits per heavy atom. The first-order valence-corrected chi connectivity index (χ1v) is 10.7. The number of amides is 2. The molecule has 0 N–H and O–H groups in total. The normalized spacial score (nSPS) is 18.5. The van der Waals surface area contributed by atoms with Gasteiger partial charge in [0.2, 0.25) is 5.91 Å². The summed E-state index contributed by atoms with van der Waals surface area (Å²) < 4.78 is 5.55. The minimum atomic E-state index is -0.574. The average molecular weight is 407 g/mol. The molecule has 0 spiro atoms.